The molecule has 2 aliphatic rings. The Kier molecular flexibility index (Phi) is 3.21. The Balaban J connectivity index is 1.84. The lowest BCUT2D eigenvalue weighted by Crippen LogP contribution is -2.46. The number of hydrogen-bond acceptors (Lipinski definition) is 2. The number of aryl methyl sites for hydroxylation is 1. The monoisotopic (exact) mass is 259 g/mol. The highest BCUT2D eigenvalue weighted by Gasteiger charge is 2.37. The minimum Gasteiger partial charge on any atom is -0.508 e. The zero-order valence-electron chi connectivity index (χ0n) is 11.4. The number of hydrogen-bond donors (Lipinski definition) is 1. The molecule has 1 aromatic carbocycles. The van der Waals surface area contributed by atoms with Gasteiger partial charge >= 0.3 is 0 Å². The van der Waals surface area contributed by atoms with Crippen LogP contribution in [-0.4, -0.2) is 28.5 Å². The van der Waals surface area contributed by atoms with Crippen molar-refractivity contribution in [2.24, 2.45) is 5.92 Å². The van der Waals surface area contributed by atoms with E-state index in [4.69, 9.17) is 0 Å². The van der Waals surface area contributed by atoms with E-state index in [1.54, 1.807) is 6.07 Å². The first-order chi connectivity index (χ1) is 9.16. The SMILES string of the molecule is Cc1ccc(C(=O)N2CCCC3CCCC32)cc1O. The van der Waals surface area contributed by atoms with E-state index in [1.165, 1.54) is 19.3 Å². The summed E-state index contributed by atoms with van der Waals surface area (Å²) in [5.74, 6) is 1.01. The van der Waals surface area contributed by atoms with E-state index in [9.17, 15) is 9.90 Å². The number of carbonyl (C=O) groups is 1. The van der Waals surface area contributed by atoms with E-state index in [1.807, 2.05) is 24.0 Å². The molecule has 19 heavy (non-hydrogen) atoms. The minimum atomic E-state index is 0.0897. The lowest BCUT2D eigenvalue weighted by atomic mass is 9.91. The number of phenolic OH excluding ortho intramolecular Hbond substituents is 1. The van der Waals surface area contributed by atoms with E-state index < -0.39 is 0 Å². The lowest BCUT2D eigenvalue weighted by Gasteiger charge is -2.37. The van der Waals surface area contributed by atoms with Crippen LogP contribution >= 0.6 is 0 Å². The summed E-state index contributed by atoms with van der Waals surface area (Å²) in [6, 6.07) is 5.69. The normalized spacial score (nSPS) is 26.3. The standard InChI is InChI=1S/C16H21NO2/c1-11-7-8-13(10-15(11)18)16(19)17-9-3-5-12-4-2-6-14(12)17/h7-8,10,12,14,18H,2-6,9H2,1H3. The first-order valence-electron chi connectivity index (χ1n) is 7.27. The first kappa shape index (κ1) is 12.5. The Labute approximate surface area is 114 Å². The molecule has 2 atom stereocenters. The first-order valence-corrected chi connectivity index (χ1v) is 7.27. The number of aromatic hydroxyl groups is 1. The number of rotatable bonds is 1. The third-order valence-corrected chi connectivity index (χ3v) is 4.71. The zero-order valence-corrected chi connectivity index (χ0v) is 11.4. The van der Waals surface area contributed by atoms with Crippen molar-refractivity contribution in [1.82, 2.24) is 4.90 Å². The summed E-state index contributed by atoms with van der Waals surface area (Å²) >= 11 is 0. The quantitative estimate of drug-likeness (QED) is 0.842. The van der Waals surface area contributed by atoms with Crippen LogP contribution in [0.15, 0.2) is 18.2 Å². The van der Waals surface area contributed by atoms with Crippen LogP contribution in [0.2, 0.25) is 0 Å². The van der Waals surface area contributed by atoms with Gasteiger partial charge in [-0.1, -0.05) is 12.5 Å². The number of nitrogens with zero attached hydrogens (tertiary/aromatic N) is 1. The van der Waals surface area contributed by atoms with Crippen molar-refractivity contribution in [3.8, 4) is 5.75 Å². The molecule has 0 bridgehead atoms. The number of fused-ring (bicyclic) bond motifs is 1. The summed E-state index contributed by atoms with van der Waals surface area (Å²) in [4.78, 5) is 14.7. The zero-order chi connectivity index (χ0) is 13.4. The summed E-state index contributed by atoms with van der Waals surface area (Å²) in [7, 11) is 0. The molecule has 1 aromatic rings. The van der Waals surface area contributed by atoms with Crippen molar-refractivity contribution < 1.29 is 9.90 Å². The van der Waals surface area contributed by atoms with Crippen LogP contribution in [0.4, 0.5) is 0 Å². The molecule has 1 saturated heterocycles. The molecule has 3 nitrogen and oxygen atoms in total. The van der Waals surface area contributed by atoms with Crippen molar-refractivity contribution in [2.75, 3.05) is 6.54 Å². The molecule has 1 N–H and O–H groups in total. The van der Waals surface area contributed by atoms with Crippen LogP contribution in [0.5, 0.6) is 5.75 Å². The molecule has 2 unspecified atom stereocenters. The van der Waals surface area contributed by atoms with Gasteiger partial charge in [-0.05, 0) is 56.2 Å². The van der Waals surface area contributed by atoms with E-state index in [2.05, 4.69) is 0 Å². The van der Waals surface area contributed by atoms with Crippen molar-refractivity contribution in [3.05, 3.63) is 29.3 Å². The molecule has 0 aromatic heterocycles. The third-order valence-electron chi connectivity index (χ3n) is 4.71. The predicted octanol–water partition coefficient (Wildman–Crippen LogP) is 3.11. The van der Waals surface area contributed by atoms with Crippen LogP contribution in [0.3, 0.4) is 0 Å². The summed E-state index contributed by atoms with van der Waals surface area (Å²) < 4.78 is 0. The van der Waals surface area contributed by atoms with Gasteiger partial charge in [-0.25, -0.2) is 0 Å². The van der Waals surface area contributed by atoms with Gasteiger partial charge in [-0.15, -0.1) is 0 Å². The molecule has 1 amide bonds. The highest BCUT2D eigenvalue weighted by atomic mass is 16.3. The highest BCUT2D eigenvalue weighted by Crippen LogP contribution is 2.37. The van der Waals surface area contributed by atoms with Gasteiger partial charge < -0.3 is 10.0 Å². The van der Waals surface area contributed by atoms with Crippen LogP contribution < -0.4 is 0 Å². The molecule has 1 heterocycles. The van der Waals surface area contributed by atoms with Gasteiger partial charge in [0.05, 0.1) is 0 Å². The van der Waals surface area contributed by atoms with Crippen molar-refractivity contribution in [2.45, 2.75) is 45.1 Å². The number of carbonyl (C=O) groups excluding carboxylic acids is 1. The molecule has 0 radical (unpaired) electrons. The minimum absolute atomic E-state index is 0.0897. The molecule has 2 fully saturated rings. The van der Waals surface area contributed by atoms with E-state index >= 15 is 0 Å². The Morgan fingerprint density at radius 1 is 1.26 bits per heavy atom. The molecule has 1 aliphatic heterocycles. The van der Waals surface area contributed by atoms with Gasteiger partial charge in [0.2, 0.25) is 0 Å². The van der Waals surface area contributed by atoms with Crippen LogP contribution in [-0.2, 0) is 0 Å². The molecule has 3 heteroatoms. The van der Waals surface area contributed by atoms with Gasteiger partial charge in [0.25, 0.3) is 5.91 Å². The van der Waals surface area contributed by atoms with Crippen molar-refractivity contribution >= 4 is 5.91 Å². The maximum absolute atomic E-state index is 12.6. The summed E-state index contributed by atoms with van der Waals surface area (Å²) in [6.07, 6.45) is 6.05. The molecule has 1 saturated carbocycles. The fraction of sp³-hybridized carbons (Fsp3) is 0.562. The van der Waals surface area contributed by atoms with Gasteiger partial charge in [0.1, 0.15) is 5.75 Å². The molecular formula is C16H21NO2. The Bertz CT molecular complexity index is 498. The second kappa shape index (κ2) is 4.87. The molecular weight excluding hydrogens is 238 g/mol. The average molecular weight is 259 g/mol. The number of piperidine rings is 1. The van der Waals surface area contributed by atoms with Gasteiger partial charge in [0, 0.05) is 18.2 Å². The number of benzene rings is 1. The van der Waals surface area contributed by atoms with Crippen LogP contribution in [0.25, 0.3) is 0 Å². The Hall–Kier alpha value is -1.51. The smallest absolute Gasteiger partial charge is 0.254 e. The number of likely N-dealkylation sites (tertiary alicyclic amines) is 1. The van der Waals surface area contributed by atoms with E-state index in [0.717, 1.165) is 24.9 Å². The fourth-order valence-electron chi connectivity index (χ4n) is 3.61. The van der Waals surface area contributed by atoms with E-state index in [-0.39, 0.29) is 11.7 Å². The predicted molar refractivity (Wildman–Crippen MR) is 74.2 cm³/mol. The molecule has 1 aliphatic carbocycles. The van der Waals surface area contributed by atoms with Crippen molar-refractivity contribution in [3.63, 3.8) is 0 Å². The lowest BCUT2D eigenvalue weighted by molar-refractivity contribution is 0.0548. The molecule has 102 valence electrons. The highest BCUT2D eigenvalue weighted by molar-refractivity contribution is 5.95. The van der Waals surface area contributed by atoms with Gasteiger partial charge in [0.15, 0.2) is 0 Å². The van der Waals surface area contributed by atoms with Gasteiger partial charge in [-0.2, -0.15) is 0 Å². The Morgan fingerprint density at radius 2 is 2.05 bits per heavy atom. The number of phenols is 1. The molecule has 3 rings (SSSR count). The van der Waals surface area contributed by atoms with Gasteiger partial charge in [-0.3, -0.25) is 4.79 Å². The summed E-state index contributed by atoms with van der Waals surface area (Å²) in [6.45, 7) is 2.71. The second-order valence-electron chi connectivity index (χ2n) is 5.90. The Morgan fingerprint density at radius 3 is 2.84 bits per heavy atom. The third kappa shape index (κ3) is 2.22. The van der Waals surface area contributed by atoms with Crippen molar-refractivity contribution in [1.29, 1.82) is 0 Å². The summed E-state index contributed by atoms with van der Waals surface area (Å²) in [5, 5.41) is 9.76. The van der Waals surface area contributed by atoms with E-state index in [0.29, 0.717) is 17.5 Å². The largest absolute Gasteiger partial charge is 0.508 e. The van der Waals surface area contributed by atoms with Crippen LogP contribution in [0.1, 0.15) is 48.0 Å². The topological polar surface area (TPSA) is 40.5 Å². The molecule has 0 spiro atoms. The fourth-order valence-corrected chi connectivity index (χ4v) is 3.61. The summed E-state index contributed by atoms with van der Waals surface area (Å²) in [5.41, 5.74) is 1.43. The maximum atomic E-state index is 12.6. The number of amides is 1. The maximum Gasteiger partial charge on any atom is 0.254 e. The average Bonchev–Trinajstić information content (AvgIpc) is 2.89. The van der Waals surface area contributed by atoms with Crippen LogP contribution in [0, 0.1) is 12.8 Å². The second-order valence-corrected chi connectivity index (χ2v) is 5.90.